The number of hydrogen-bond acceptors (Lipinski definition) is 8. The van der Waals surface area contributed by atoms with Crippen LogP contribution in [0.25, 0.3) is 33.6 Å². The lowest BCUT2D eigenvalue weighted by Crippen LogP contribution is -2.28. The third-order valence-corrected chi connectivity index (χ3v) is 7.00. The maximum absolute atomic E-state index is 12.8. The van der Waals surface area contributed by atoms with Crippen molar-refractivity contribution in [2.45, 2.75) is 25.4 Å². The minimum Gasteiger partial charge on any atom is -0.496 e. The predicted octanol–water partition coefficient (Wildman–Crippen LogP) is 5.05. The van der Waals surface area contributed by atoms with Crippen LogP contribution >= 0.6 is 0 Å². The number of hydrogen-bond donors (Lipinski definition) is 1. The molecule has 0 aliphatic carbocycles. The fourth-order valence-corrected chi connectivity index (χ4v) is 4.82. The van der Waals surface area contributed by atoms with E-state index in [1.54, 1.807) is 49.5 Å². The molecule has 5 rings (SSSR count). The van der Waals surface area contributed by atoms with Gasteiger partial charge in [-0.15, -0.1) is 0 Å². The number of fused-ring (bicyclic) bond motifs is 1. The number of benzene rings is 2. The van der Waals surface area contributed by atoms with E-state index in [0.717, 1.165) is 24.0 Å². The van der Waals surface area contributed by atoms with E-state index in [1.807, 2.05) is 24.3 Å². The molecule has 0 spiro atoms. The topological polar surface area (TPSA) is 118 Å². The van der Waals surface area contributed by atoms with E-state index >= 15 is 0 Å². The van der Waals surface area contributed by atoms with Gasteiger partial charge in [0, 0.05) is 56.4 Å². The summed E-state index contributed by atoms with van der Waals surface area (Å²) in [6.45, 7) is 1.79. The second-order valence-corrected chi connectivity index (χ2v) is 9.65. The molecule has 2 aromatic heterocycles. The average molecular weight is 542 g/mol. The Labute approximate surface area is 232 Å². The highest BCUT2D eigenvalue weighted by Crippen LogP contribution is 2.38. The molecular formula is C31H31N3O6. The fourth-order valence-electron chi connectivity index (χ4n) is 4.82. The summed E-state index contributed by atoms with van der Waals surface area (Å²) in [5, 5.41) is 18.9. The Morgan fingerprint density at radius 2 is 1.95 bits per heavy atom. The molecule has 40 heavy (non-hydrogen) atoms. The molecule has 0 bridgehead atoms. The van der Waals surface area contributed by atoms with E-state index < -0.39 is 0 Å². The van der Waals surface area contributed by atoms with Gasteiger partial charge in [0.05, 0.1) is 31.5 Å². The van der Waals surface area contributed by atoms with Crippen LogP contribution in [0.5, 0.6) is 11.5 Å². The molecule has 9 heteroatoms. The minimum absolute atomic E-state index is 0.0218. The number of furan rings is 1. The Balaban J connectivity index is 1.46. The fraction of sp³-hybridized carbons (Fsp3) is 0.323. The van der Waals surface area contributed by atoms with Crippen LogP contribution in [0.4, 0.5) is 0 Å². The highest BCUT2D eigenvalue weighted by atomic mass is 16.5. The summed E-state index contributed by atoms with van der Waals surface area (Å²) in [6.07, 6.45) is 3.84. The maximum Gasteiger partial charge on any atom is 0.253 e. The van der Waals surface area contributed by atoms with Gasteiger partial charge >= 0.3 is 0 Å². The lowest BCUT2D eigenvalue weighted by atomic mass is 10.0. The van der Waals surface area contributed by atoms with Crippen molar-refractivity contribution < 1.29 is 28.5 Å². The van der Waals surface area contributed by atoms with Crippen molar-refractivity contribution in [3.05, 3.63) is 65.9 Å². The minimum atomic E-state index is -0.163. The van der Waals surface area contributed by atoms with Crippen LogP contribution in [0.1, 0.15) is 35.2 Å². The van der Waals surface area contributed by atoms with Gasteiger partial charge in [-0.1, -0.05) is 6.07 Å². The van der Waals surface area contributed by atoms with Crippen LogP contribution in [0.3, 0.4) is 0 Å². The summed E-state index contributed by atoms with van der Waals surface area (Å²) in [4.78, 5) is 18.9. The molecule has 1 saturated heterocycles. The zero-order chi connectivity index (χ0) is 28.1. The SMILES string of the molecule is COc1cc(C(=O)N(C)CCCO)ccc1-c1cc2nccc(-c3ccc(OC4CCOCC4)c(C#N)c3)c2o1. The third kappa shape index (κ3) is 5.64. The average Bonchev–Trinajstić information content (AvgIpc) is 3.44. The molecule has 1 N–H and O–H groups in total. The molecule has 206 valence electrons. The van der Waals surface area contributed by atoms with E-state index in [4.69, 9.17) is 23.7 Å². The van der Waals surface area contributed by atoms with E-state index in [0.29, 0.717) is 71.2 Å². The standard InChI is InChI=1S/C31H31N3O6/c1-34(12-3-13-35)31(36)21-4-6-25(28(17-21)37-2)29-18-26-30(40-29)24(8-11-33-26)20-5-7-27(22(16-20)19-32)39-23-9-14-38-15-10-23/h4-8,11,16-18,23,35H,3,9-10,12-15H2,1-2H3. The smallest absolute Gasteiger partial charge is 0.253 e. The Morgan fingerprint density at radius 1 is 1.12 bits per heavy atom. The van der Waals surface area contributed by atoms with Crippen LogP contribution in [-0.4, -0.2) is 67.5 Å². The summed E-state index contributed by atoms with van der Waals surface area (Å²) >= 11 is 0. The molecule has 9 nitrogen and oxygen atoms in total. The monoisotopic (exact) mass is 541 g/mol. The number of carbonyl (C=O) groups excluding carboxylic acids is 1. The normalized spacial score (nSPS) is 13.7. The quantitative estimate of drug-likeness (QED) is 0.313. The molecule has 0 unspecified atom stereocenters. The van der Waals surface area contributed by atoms with E-state index in [1.165, 1.54) is 0 Å². The van der Waals surface area contributed by atoms with Crippen LogP contribution < -0.4 is 9.47 Å². The summed E-state index contributed by atoms with van der Waals surface area (Å²) in [7, 11) is 3.24. The summed E-state index contributed by atoms with van der Waals surface area (Å²) in [5.41, 5.74) is 4.43. The number of rotatable bonds is 9. The molecule has 4 aromatic rings. The number of pyridine rings is 1. The lowest BCUT2D eigenvalue weighted by Gasteiger charge is -2.23. The van der Waals surface area contributed by atoms with Gasteiger partial charge in [0.15, 0.2) is 5.58 Å². The highest BCUT2D eigenvalue weighted by molar-refractivity contribution is 5.96. The van der Waals surface area contributed by atoms with E-state index in [9.17, 15) is 10.1 Å². The highest BCUT2D eigenvalue weighted by Gasteiger charge is 2.20. The van der Waals surface area contributed by atoms with Crippen LogP contribution in [-0.2, 0) is 4.74 Å². The number of aliphatic hydroxyl groups is 1. The number of carbonyl (C=O) groups is 1. The van der Waals surface area contributed by atoms with Gasteiger partial charge in [-0.2, -0.15) is 5.26 Å². The van der Waals surface area contributed by atoms with Crippen molar-refractivity contribution in [2.75, 3.05) is 40.5 Å². The van der Waals surface area contributed by atoms with Crippen LogP contribution in [0.15, 0.2) is 59.1 Å². The first kappa shape index (κ1) is 27.2. The molecule has 1 fully saturated rings. The number of aromatic nitrogens is 1. The first-order chi connectivity index (χ1) is 19.5. The largest absolute Gasteiger partial charge is 0.496 e. The van der Waals surface area contributed by atoms with Crippen molar-refractivity contribution in [1.82, 2.24) is 9.88 Å². The predicted molar refractivity (Wildman–Crippen MR) is 149 cm³/mol. The lowest BCUT2D eigenvalue weighted by molar-refractivity contribution is 0.0254. The number of nitrogens with zero attached hydrogens (tertiary/aromatic N) is 3. The Morgan fingerprint density at radius 3 is 2.70 bits per heavy atom. The molecule has 0 radical (unpaired) electrons. The van der Waals surface area contributed by atoms with E-state index in [2.05, 4.69) is 11.1 Å². The molecule has 1 aliphatic heterocycles. The van der Waals surface area contributed by atoms with Crippen molar-refractivity contribution in [3.63, 3.8) is 0 Å². The first-order valence-electron chi connectivity index (χ1n) is 13.2. The molecule has 0 saturated carbocycles. The van der Waals surface area contributed by atoms with Gasteiger partial charge in [-0.3, -0.25) is 9.78 Å². The number of amides is 1. The number of aliphatic hydroxyl groups excluding tert-OH is 1. The zero-order valence-electron chi connectivity index (χ0n) is 22.6. The van der Waals surface area contributed by atoms with Crippen molar-refractivity contribution in [2.24, 2.45) is 0 Å². The zero-order valence-corrected chi connectivity index (χ0v) is 22.6. The van der Waals surface area contributed by atoms with E-state index in [-0.39, 0.29) is 18.6 Å². The Kier molecular flexibility index (Phi) is 8.29. The van der Waals surface area contributed by atoms with Gasteiger partial charge in [-0.05, 0) is 48.4 Å². The maximum atomic E-state index is 12.8. The van der Waals surface area contributed by atoms with Crippen molar-refractivity contribution in [1.29, 1.82) is 5.26 Å². The Bertz CT molecular complexity index is 1550. The molecule has 2 aromatic carbocycles. The molecule has 3 heterocycles. The van der Waals surface area contributed by atoms with Crippen LogP contribution in [0, 0.1) is 11.3 Å². The van der Waals surface area contributed by atoms with Gasteiger partial charge in [0.1, 0.15) is 34.9 Å². The molecule has 0 atom stereocenters. The first-order valence-corrected chi connectivity index (χ1v) is 13.2. The van der Waals surface area contributed by atoms with Gasteiger partial charge in [-0.25, -0.2) is 0 Å². The molecule has 1 amide bonds. The van der Waals surface area contributed by atoms with Gasteiger partial charge in [0.25, 0.3) is 5.91 Å². The molecular weight excluding hydrogens is 510 g/mol. The van der Waals surface area contributed by atoms with Gasteiger partial charge < -0.3 is 28.6 Å². The second-order valence-electron chi connectivity index (χ2n) is 9.65. The third-order valence-electron chi connectivity index (χ3n) is 7.00. The van der Waals surface area contributed by atoms with Gasteiger partial charge in [0.2, 0.25) is 0 Å². The summed E-state index contributed by atoms with van der Waals surface area (Å²) < 4.78 is 23.5. The summed E-state index contributed by atoms with van der Waals surface area (Å²) in [5.74, 6) is 1.43. The second kappa shape index (κ2) is 12.2. The van der Waals surface area contributed by atoms with Crippen molar-refractivity contribution in [3.8, 4) is 40.0 Å². The molecule has 1 aliphatic rings. The summed E-state index contributed by atoms with van der Waals surface area (Å²) in [6, 6.07) is 16.7. The number of ether oxygens (including phenoxy) is 3. The Hall–Kier alpha value is -4.39. The van der Waals surface area contributed by atoms with Crippen LogP contribution in [0.2, 0.25) is 0 Å². The number of nitriles is 1. The van der Waals surface area contributed by atoms with Crippen molar-refractivity contribution >= 4 is 17.0 Å². The number of methoxy groups -OCH3 is 1.